The molecule has 1 N–H and O–H groups in total. The number of hydrogen-bond donors (Lipinski definition) is 1. The first-order valence-corrected chi connectivity index (χ1v) is 10.0. The van der Waals surface area contributed by atoms with E-state index in [2.05, 4.69) is 17.0 Å². The van der Waals surface area contributed by atoms with Gasteiger partial charge in [0.15, 0.2) is 0 Å². The van der Waals surface area contributed by atoms with Crippen LogP contribution in [0.3, 0.4) is 0 Å². The van der Waals surface area contributed by atoms with Gasteiger partial charge in [0.2, 0.25) is 5.91 Å². The molecule has 1 unspecified atom stereocenters. The van der Waals surface area contributed by atoms with E-state index in [9.17, 15) is 9.59 Å². The Balaban J connectivity index is 0.00000280. The van der Waals surface area contributed by atoms with E-state index >= 15 is 0 Å². The number of likely N-dealkylation sites (N-methyl/N-ethyl adjacent to an activating group) is 1. The quantitative estimate of drug-likeness (QED) is 0.714. The van der Waals surface area contributed by atoms with E-state index in [4.69, 9.17) is 5.11 Å². The zero-order chi connectivity index (χ0) is 19.2. The van der Waals surface area contributed by atoms with Crippen molar-refractivity contribution in [3.05, 3.63) is 35.9 Å². The summed E-state index contributed by atoms with van der Waals surface area (Å²) in [6, 6.07) is 10.9. The van der Waals surface area contributed by atoms with Crippen molar-refractivity contribution < 1.29 is 14.7 Å². The molecule has 0 bridgehead atoms. The van der Waals surface area contributed by atoms with Gasteiger partial charge in [-0.05, 0) is 51.3 Å². The predicted octanol–water partition coefficient (Wildman–Crippen LogP) is 2.47. The SMILES string of the molecule is CN(CC(=O)O)C1CCCN(CC(=O)N(Cc2ccccc2)C2CC2)CC1.Cl. The second-order valence-corrected chi connectivity index (χ2v) is 7.91. The standard InChI is InChI=1S/C21H31N3O3.ClH/c1-22(16-21(26)27)18-8-5-12-23(13-11-18)15-20(25)24(19-9-10-19)14-17-6-3-2-4-7-17;/h2-4,6-7,18-19H,5,8-16H2,1H3,(H,26,27);1H. The van der Waals surface area contributed by atoms with Crippen LogP contribution in [0.5, 0.6) is 0 Å². The highest BCUT2D eigenvalue weighted by molar-refractivity contribution is 5.85. The Morgan fingerprint density at radius 3 is 2.43 bits per heavy atom. The molecular weight excluding hydrogens is 378 g/mol. The van der Waals surface area contributed by atoms with E-state index in [1.807, 2.05) is 35.0 Å². The lowest BCUT2D eigenvalue weighted by Crippen LogP contribution is -2.42. The zero-order valence-corrected chi connectivity index (χ0v) is 17.4. The average molecular weight is 410 g/mol. The third kappa shape index (κ3) is 6.76. The minimum absolute atomic E-state index is 0. The van der Waals surface area contributed by atoms with Gasteiger partial charge in [-0.1, -0.05) is 30.3 Å². The van der Waals surface area contributed by atoms with Crippen molar-refractivity contribution in [2.75, 3.05) is 33.2 Å². The van der Waals surface area contributed by atoms with Crippen molar-refractivity contribution in [2.45, 2.75) is 50.7 Å². The monoisotopic (exact) mass is 409 g/mol. The molecule has 0 spiro atoms. The van der Waals surface area contributed by atoms with Gasteiger partial charge in [0.05, 0.1) is 13.1 Å². The average Bonchev–Trinajstić information content (AvgIpc) is 3.47. The van der Waals surface area contributed by atoms with Crippen LogP contribution in [0.1, 0.15) is 37.7 Å². The van der Waals surface area contributed by atoms with Gasteiger partial charge >= 0.3 is 5.97 Å². The topological polar surface area (TPSA) is 64.1 Å². The van der Waals surface area contributed by atoms with Crippen molar-refractivity contribution >= 4 is 24.3 Å². The number of amides is 1. The molecule has 2 fully saturated rings. The summed E-state index contributed by atoms with van der Waals surface area (Å²) in [6.07, 6.45) is 5.13. The van der Waals surface area contributed by atoms with Crippen molar-refractivity contribution in [1.29, 1.82) is 0 Å². The molecule has 0 aromatic heterocycles. The zero-order valence-electron chi connectivity index (χ0n) is 16.6. The fourth-order valence-corrected chi connectivity index (χ4v) is 3.95. The highest BCUT2D eigenvalue weighted by Gasteiger charge is 2.33. The van der Waals surface area contributed by atoms with Crippen LogP contribution in [0, 0.1) is 0 Å². The lowest BCUT2D eigenvalue weighted by atomic mass is 10.1. The van der Waals surface area contributed by atoms with Crippen molar-refractivity contribution in [1.82, 2.24) is 14.7 Å². The number of rotatable bonds is 8. The van der Waals surface area contributed by atoms with Crippen LogP contribution < -0.4 is 0 Å². The lowest BCUT2D eigenvalue weighted by molar-refractivity contribution is -0.138. The Kier molecular flexibility index (Phi) is 8.73. The molecule has 1 saturated heterocycles. The fourth-order valence-electron chi connectivity index (χ4n) is 3.95. The van der Waals surface area contributed by atoms with E-state index < -0.39 is 5.97 Å². The summed E-state index contributed by atoms with van der Waals surface area (Å²) in [5.74, 6) is -0.562. The van der Waals surface area contributed by atoms with Crippen LogP contribution in [-0.2, 0) is 16.1 Å². The minimum atomic E-state index is -0.783. The summed E-state index contributed by atoms with van der Waals surface area (Å²) < 4.78 is 0. The molecule has 1 aromatic carbocycles. The van der Waals surface area contributed by atoms with Crippen LogP contribution in [0.4, 0.5) is 0 Å². The molecule has 0 radical (unpaired) electrons. The van der Waals surface area contributed by atoms with E-state index in [-0.39, 0.29) is 30.9 Å². The number of likely N-dealkylation sites (tertiary alicyclic amines) is 1. The Hall–Kier alpha value is -1.63. The Labute approximate surface area is 173 Å². The number of aliphatic carboxylic acids is 1. The number of benzene rings is 1. The van der Waals surface area contributed by atoms with Crippen LogP contribution in [-0.4, -0.2) is 77.0 Å². The molecule has 1 amide bonds. The maximum atomic E-state index is 13.0. The third-order valence-electron chi connectivity index (χ3n) is 5.66. The summed E-state index contributed by atoms with van der Waals surface area (Å²) in [7, 11) is 1.88. The number of nitrogens with zero attached hydrogens (tertiary/aromatic N) is 3. The highest BCUT2D eigenvalue weighted by atomic mass is 35.5. The van der Waals surface area contributed by atoms with E-state index in [0.717, 1.165) is 45.2 Å². The molecule has 1 saturated carbocycles. The molecule has 28 heavy (non-hydrogen) atoms. The Morgan fingerprint density at radius 2 is 1.79 bits per heavy atom. The van der Waals surface area contributed by atoms with Gasteiger partial charge in [-0.3, -0.25) is 19.4 Å². The number of halogens is 1. The summed E-state index contributed by atoms with van der Waals surface area (Å²) in [5.41, 5.74) is 1.18. The lowest BCUT2D eigenvalue weighted by Gasteiger charge is -2.28. The second-order valence-electron chi connectivity index (χ2n) is 7.91. The first-order valence-electron chi connectivity index (χ1n) is 10.0. The summed E-state index contributed by atoms with van der Waals surface area (Å²) in [4.78, 5) is 30.1. The van der Waals surface area contributed by atoms with Crippen LogP contribution in [0.2, 0.25) is 0 Å². The number of carboxylic acid groups (broad SMARTS) is 1. The molecule has 1 aromatic rings. The van der Waals surface area contributed by atoms with Gasteiger partial charge in [-0.2, -0.15) is 0 Å². The number of carbonyl (C=O) groups is 2. The first kappa shape index (κ1) is 22.7. The molecule has 1 heterocycles. The molecule has 7 heteroatoms. The maximum Gasteiger partial charge on any atom is 0.317 e. The molecule has 6 nitrogen and oxygen atoms in total. The number of carboxylic acids is 1. The van der Waals surface area contributed by atoms with Crippen LogP contribution >= 0.6 is 12.4 Å². The molecule has 1 atom stereocenters. The van der Waals surface area contributed by atoms with Gasteiger partial charge in [-0.15, -0.1) is 12.4 Å². The van der Waals surface area contributed by atoms with Gasteiger partial charge < -0.3 is 10.0 Å². The minimum Gasteiger partial charge on any atom is -0.480 e. The van der Waals surface area contributed by atoms with Crippen molar-refractivity contribution in [3.63, 3.8) is 0 Å². The molecular formula is C21H32ClN3O3. The van der Waals surface area contributed by atoms with Gasteiger partial charge in [-0.25, -0.2) is 0 Å². The Bertz CT molecular complexity index is 639. The third-order valence-corrected chi connectivity index (χ3v) is 5.66. The van der Waals surface area contributed by atoms with Crippen LogP contribution in [0.15, 0.2) is 30.3 Å². The smallest absolute Gasteiger partial charge is 0.317 e. The van der Waals surface area contributed by atoms with E-state index in [0.29, 0.717) is 19.1 Å². The van der Waals surface area contributed by atoms with Crippen molar-refractivity contribution in [2.24, 2.45) is 0 Å². The molecule has 3 rings (SSSR count). The van der Waals surface area contributed by atoms with Crippen molar-refractivity contribution in [3.8, 4) is 0 Å². The highest BCUT2D eigenvalue weighted by Crippen LogP contribution is 2.28. The molecule has 156 valence electrons. The Morgan fingerprint density at radius 1 is 1.07 bits per heavy atom. The van der Waals surface area contributed by atoms with Gasteiger partial charge in [0.25, 0.3) is 0 Å². The fraction of sp³-hybridized carbons (Fsp3) is 0.619. The maximum absolute atomic E-state index is 13.0. The summed E-state index contributed by atoms with van der Waals surface area (Å²) >= 11 is 0. The van der Waals surface area contributed by atoms with Gasteiger partial charge in [0.1, 0.15) is 0 Å². The molecule has 2 aliphatic rings. The largest absolute Gasteiger partial charge is 0.480 e. The van der Waals surface area contributed by atoms with E-state index in [1.165, 1.54) is 5.56 Å². The molecule has 1 aliphatic carbocycles. The second kappa shape index (κ2) is 10.8. The summed E-state index contributed by atoms with van der Waals surface area (Å²) in [6.45, 7) is 3.01. The van der Waals surface area contributed by atoms with Crippen LogP contribution in [0.25, 0.3) is 0 Å². The first-order chi connectivity index (χ1) is 13.0. The molecule has 1 aliphatic heterocycles. The normalized spacial score (nSPS) is 20.3. The predicted molar refractivity (Wildman–Crippen MR) is 112 cm³/mol. The van der Waals surface area contributed by atoms with E-state index in [1.54, 1.807) is 0 Å². The number of carbonyl (C=O) groups excluding carboxylic acids is 1. The summed E-state index contributed by atoms with van der Waals surface area (Å²) in [5, 5.41) is 8.99. The van der Waals surface area contributed by atoms with Gasteiger partial charge in [0, 0.05) is 25.2 Å². The number of hydrogen-bond acceptors (Lipinski definition) is 4.